The van der Waals surface area contributed by atoms with Crippen molar-refractivity contribution in [3.05, 3.63) is 0 Å². The highest BCUT2D eigenvalue weighted by Gasteiger charge is 2.33. The molecular weight excluding hydrogens is 230 g/mol. The largest absolute Gasteiger partial charge is 0.465 e. The molecule has 0 aliphatic heterocycles. The van der Waals surface area contributed by atoms with Gasteiger partial charge < -0.3 is 9.84 Å². The standard InChI is InChI=1S/C14H27NO3/c1-4-15(10-13(16)18-5-2)11-14(17)8-6-12(3)7-9-14/h12,17H,4-11H2,1-3H3. The summed E-state index contributed by atoms with van der Waals surface area (Å²) in [4.78, 5) is 13.4. The van der Waals surface area contributed by atoms with Gasteiger partial charge in [0.25, 0.3) is 0 Å². The summed E-state index contributed by atoms with van der Waals surface area (Å²) in [6.45, 7) is 8.08. The summed E-state index contributed by atoms with van der Waals surface area (Å²) in [5.41, 5.74) is -0.616. The van der Waals surface area contributed by atoms with Gasteiger partial charge in [-0.25, -0.2) is 0 Å². The Hall–Kier alpha value is -0.610. The molecule has 1 N–H and O–H groups in total. The van der Waals surface area contributed by atoms with Crippen molar-refractivity contribution in [1.82, 2.24) is 4.90 Å². The Morgan fingerprint density at radius 2 is 2.00 bits per heavy atom. The van der Waals surface area contributed by atoms with Crippen molar-refractivity contribution in [2.75, 3.05) is 26.2 Å². The number of hydrogen-bond donors (Lipinski definition) is 1. The zero-order valence-electron chi connectivity index (χ0n) is 11.9. The fraction of sp³-hybridized carbons (Fsp3) is 0.929. The number of esters is 1. The Morgan fingerprint density at radius 1 is 1.39 bits per heavy atom. The van der Waals surface area contributed by atoms with Crippen LogP contribution in [0.5, 0.6) is 0 Å². The summed E-state index contributed by atoms with van der Waals surface area (Å²) in [7, 11) is 0. The highest BCUT2D eigenvalue weighted by Crippen LogP contribution is 2.32. The van der Waals surface area contributed by atoms with Crippen LogP contribution in [0.15, 0.2) is 0 Å². The van der Waals surface area contributed by atoms with Gasteiger partial charge in [-0.1, -0.05) is 13.8 Å². The summed E-state index contributed by atoms with van der Waals surface area (Å²) in [6, 6.07) is 0. The first-order valence-corrected chi connectivity index (χ1v) is 7.09. The maximum Gasteiger partial charge on any atom is 0.320 e. The predicted octanol–water partition coefficient (Wildman–Crippen LogP) is 1.81. The van der Waals surface area contributed by atoms with Crippen LogP contribution in [0.3, 0.4) is 0 Å². The van der Waals surface area contributed by atoms with Crippen molar-refractivity contribution in [3.8, 4) is 0 Å². The van der Waals surface area contributed by atoms with Crippen molar-refractivity contribution >= 4 is 5.97 Å². The molecule has 1 aliphatic carbocycles. The third-order valence-electron chi connectivity index (χ3n) is 3.83. The number of carbonyl (C=O) groups is 1. The molecule has 0 spiro atoms. The van der Waals surface area contributed by atoms with E-state index >= 15 is 0 Å². The van der Waals surface area contributed by atoms with E-state index in [9.17, 15) is 9.90 Å². The third-order valence-corrected chi connectivity index (χ3v) is 3.83. The smallest absolute Gasteiger partial charge is 0.320 e. The van der Waals surface area contributed by atoms with Crippen LogP contribution in [0, 0.1) is 5.92 Å². The zero-order valence-corrected chi connectivity index (χ0v) is 11.9. The average molecular weight is 257 g/mol. The average Bonchev–Trinajstić information content (AvgIpc) is 2.33. The highest BCUT2D eigenvalue weighted by atomic mass is 16.5. The van der Waals surface area contributed by atoms with E-state index in [2.05, 4.69) is 6.92 Å². The number of carbonyl (C=O) groups excluding carboxylic acids is 1. The molecule has 0 amide bonds. The van der Waals surface area contributed by atoms with Crippen LogP contribution < -0.4 is 0 Å². The van der Waals surface area contributed by atoms with Crippen LogP contribution in [0.1, 0.15) is 46.5 Å². The lowest BCUT2D eigenvalue weighted by Crippen LogP contribution is -2.47. The van der Waals surface area contributed by atoms with Crippen molar-refractivity contribution in [3.63, 3.8) is 0 Å². The predicted molar refractivity (Wildman–Crippen MR) is 71.3 cm³/mol. The molecule has 0 unspecified atom stereocenters. The van der Waals surface area contributed by atoms with Crippen LogP contribution in [0.25, 0.3) is 0 Å². The van der Waals surface area contributed by atoms with E-state index < -0.39 is 5.60 Å². The van der Waals surface area contributed by atoms with Gasteiger partial charge in [-0.15, -0.1) is 0 Å². The molecule has 0 aromatic heterocycles. The molecule has 1 fully saturated rings. The minimum Gasteiger partial charge on any atom is -0.465 e. The monoisotopic (exact) mass is 257 g/mol. The number of nitrogens with zero attached hydrogens (tertiary/aromatic N) is 1. The summed E-state index contributed by atoms with van der Waals surface area (Å²) in [5, 5.41) is 10.5. The van der Waals surface area contributed by atoms with E-state index in [0.717, 1.165) is 32.2 Å². The Labute approximate surface area is 110 Å². The fourth-order valence-corrected chi connectivity index (χ4v) is 2.54. The zero-order chi connectivity index (χ0) is 13.6. The van der Waals surface area contributed by atoms with Gasteiger partial charge in [0.2, 0.25) is 0 Å². The van der Waals surface area contributed by atoms with E-state index in [-0.39, 0.29) is 12.5 Å². The van der Waals surface area contributed by atoms with E-state index in [0.29, 0.717) is 19.1 Å². The van der Waals surface area contributed by atoms with Gasteiger partial charge in [-0.3, -0.25) is 9.69 Å². The van der Waals surface area contributed by atoms with Crippen LogP contribution in [-0.2, 0) is 9.53 Å². The number of aliphatic hydroxyl groups is 1. The van der Waals surface area contributed by atoms with Gasteiger partial charge in [0.05, 0.1) is 18.8 Å². The molecule has 0 radical (unpaired) electrons. The lowest BCUT2D eigenvalue weighted by atomic mass is 9.79. The lowest BCUT2D eigenvalue weighted by Gasteiger charge is -2.38. The van der Waals surface area contributed by atoms with E-state index in [4.69, 9.17) is 4.74 Å². The normalized spacial score (nSPS) is 28.4. The second-order valence-electron chi connectivity index (χ2n) is 5.52. The van der Waals surface area contributed by atoms with Crippen molar-refractivity contribution in [1.29, 1.82) is 0 Å². The molecule has 0 heterocycles. The number of rotatable bonds is 6. The van der Waals surface area contributed by atoms with E-state index in [1.807, 2.05) is 18.7 Å². The highest BCUT2D eigenvalue weighted by molar-refractivity contribution is 5.71. The summed E-state index contributed by atoms with van der Waals surface area (Å²) in [5.74, 6) is 0.512. The fourth-order valence-electron chi connectivity index (χ4n) is 2.54. The Bertz CT molecular complexity index is 260. The van der Waals surface area contributed by atoms with Gasteiger partial charge in [-0.05, 0) is 45.1 Å². The number of hydrogen-bond acceptors (Lipinski definition) is 4. The molecule has 1 saturated carbocycles. The molecule has 1 aliphatic rings. The molecule has 0 aromatic rings. The molecule has 0 atom stereocenters. The number of likely N-dealkylation sites (N-methyl/N-ethyl adjacent to an activating group) is 1. The first kappa shape index (κ1) is 15.4. The van der Waals surface area contributed by atoms with Crippen LogP contribution >= 0.6 is 0 Å². The molecule has 18 heavy (non-hydrogen) atoms. The SMILES string of the molecule is CCOC(=O)CN(CC)CC1(O)CCC(C)CC1. The Kier molecular flexibility index (Phi) is 6.09. The topological polar surface area (TPSA) is 49.8 Å². The number of ether oxygens (including phenoxy) is 1. The van der Waals surface area contributed by atoms with Gasteiger partial charge in [-0.2, -0.15) is 0 Å². The van der Waals surface area contributed by atoms with E-state index in [1.54, 1.807) is 0 Å². The van der Waals surface area contributed by atoms with Crippen molar-refractivity contribution < 1.29 is 14.6 Å². The van der Waals surface area contributed by atoms with Crippen molar-refractivity contribution in [2.45, 2.75) is 52.1 Å². The second-order valence-corrected chi connectivity index (χ2v) is 5.52. The lowest BCUT2D eigenvalue weighted by molar-refractivity contribution is -0.145. The van der Waals surface area contributed by atoms with Gasteiger partial charge in [0, 0.05) is 6.54 Å². The van der Waals surface area contributed by atoms with Gasteiger partial charge in [0.1, 0.15) is 0 Å². The minimum atomic E-state index is -0.616. The molecule has 4 heteroatoms. The van der Waals surface area contributed by atoms with Crippen LogP contribution in [0.2, 0.25) is 0 Å². The quantitative estimate of drug-likeness (QED) is 0.737. The second kappa shape index (κ2) is 7.10. The summed E-state index contributed by atoms with van der Waals surface area (Å²) in [6.07, 6.45) is 3.84. The Balaban J connectivity index is 2.44. The van der Waals surface area contributed by atoms with Gasteiger partial charge >= 0.3 is 5.97 Å². The summed E-state index contributed by atoms with van der Waals surface area (Å²) >= 11 is 0. The molecule has 0 bridgehead atoms. The first-order chi connectivity index (χ1) is 8.49. The first-order valence-electron chi connectivity index (χ1n) is 7.09. The molecular formula is C14H27NO3. The minimum absolute atomic E-state index is 0.202. The molecule has 4 nitrogen and oxygen atoms in total. The van der Waals surface area contributed by atoms with Crippen molar-refractivity contribution in [2.24, 2.45) is 5.92 Å². The van der Waals surface area contributed by atoms with E-state index in [1.165, 1.54) is 0 Å². The molecule has 0 aromatic carbocycles. The van der Waals surface area contributed by atoms with Crippen LogP contribution in [0.4, 0.5) is 0 Å². The van der Waals surface area contributed by atoms with Gasteiger partial charge in [0.15, 0.2) is 0 Å². The maximum atomic E-state index is 11.5. The molecule has 106 valence electrons. The Morgan fingerprint density at radius 3 is 2.50 bits per heavy atom. The third kappa shape index (κ3) is 4.94. The molecule has 1 rings (SSSR count). The molecule has 0 saturated heterocycles. The summed E-state index contributed by atoms with van der Waals surface area (Å²) < 4.78 is 4.95. The maximum absolute atomic E-state index is 11.5. The van der Waals surface area contributed by atoms with Crippen LogP contribution in [-0.4, -0.2) is 47.8 Å².